The third-order valence-electron chi connectivity index (χ3n) is 3.98. The zero-order chi connectivity index (χ0) is 22.3. The molecule has 0 aliphatic carbocycles. The van der Waals surface area contributed by atoms with Crippen LogP contribution in [0.3, 0.4) is 0 Å². The number of hydrogen-bond donors (Lipinski definition) is 4. The van der Waals surface area contributed by atoms with E-state index in [1.54, 1.807) is 0 Å². The van der Waals surface area contributed by atoms with E-state index < -0.39 is 47.3 Å². The van der Waals surface area contributed by atoms with Gasteiger partial charge in [0, 0.05) is 10.8 Å². The van der Waals surface area contributed by atoms with Gasteiger partial charge in [-0.2, -0.15) is 21.9 Å². The van der Waals surface area contributed by atoms with Crippen LogP contribution in [0.1, 0.15) is 10.4 Å². The van der Waals surface area contributed by atoms with Crippen LogP contribution in [0.25, 0.3) is 10.8 Å². The van der Waals surface area contributed by atoms with Gasteiger partial charge < -0.3 is 10.2 Å². The number of para-hydroxylation sites is 1. The zero-order valence-electron chi connectivity index (χ0n) is 14.7. The van der Waals surface area contributed by atoms with Crippen molar-refractivity contribution < 1.29 is 40.9 Å². The van der Waals surface area contributed by atoms with Crippen molar-refractivity contribution in [3.63, 3.8) is 0 Å². The third kappa shape index (κ3) is 4.13. The molecule has 11 nitrogen and oxygen atoms in total. The molecule has 0 aliphatic heterocycles. The van der Waals surface area contributed by atoms with E-state index in [9.17, 15) is 35.8 Å². The quantitative estimate of drug-likeness (QED) is 0.332. The maximum atomic E-state index is 11.8. The number of carboxylic acids is 1. The highest BCUT2D eigenvalue weighted by Crippen LogP contribution is 2.35. The van der Waals surface area contributed by atoms with E-state index >= 15 is 0 Å². The van der Waals surface area contributed by atoms with Crippen molar-refractivity contribution in [2.45, 2.75) is 9.79 Å². The van der Waals surface area contributed by atoms with Crippen molar-refractivity contribution >= 4 is 48.4 Å². The summed E-state index contributed by atoms with van der Waals surface area (Å²) >= 11 is 0. The van der Waals surface area contributed by atoms with Crippen LogP contribution in [0.4, 0.5) is 11.4 Å². The summed E-state index contributed by atoms with van der Waals surface area (Å²) in [7, 11) is -9.58. The number of benzene rings is 3. The smallest absolute Gasteiger partial charge is 0.339 e. The molecule has 0 atom stereocenters. The average Bonchev–Trinajstić information content (AvgIpc) is 2.64. The lowest BCUT2D eigenvalue weighted by Gasteiger charge is -2.09. The standard InChI is InChI=1S/C17H12N2O9S2/c20-16-11(17(21)22)4-1-5-13(16)19-18-9-7-12-10(15(8-9)30(26,27)28)3-2-6-14(12)29(23,24)25/h1-8,20H,(H,21,22)(H,23,24,25)(H,26,27,28). The SMILES string of the molecule is O=C(O)c1cccc(N=Nc2cc(S(=O)(=O)O)c3cccc(S(=O)(=O)O)c3c2)c1O. The minimum absolute atomic E-state index is 0.192. The molecule has 0 spiro atoms. The van der Waals surface area contributed by atoms with E-state index in [-0.39, 0.29) is 22.1 Å². The number of hydrogen-bond acceptors (Lipinski definition) is 8. The predicted octanol–water partition coefficient (Wildman–Crippen LogP) is 3.15. The van der Waals surface area contributed by atoms with Crippen molar-refractivity contribution in [1.82, 2.24) is 0 Å². The molecule has 3 aromatic carbocycles. The van der Waals surface area contributed by atoms with Crippen LogP contribution in [-0.2, 0) is 20.2 Å². The molecular formula is C17H12N2O9S2. The molecular weight excluding hydrogens is 440 g/mol. The van der Waals surface area contributed by atoms with Crippen LogP contribution >= 0.6 is 0 Å². The lowest BCUT2D eigenvalue weighted by molar-refractivity contribution is 0.0693. The number of phenols is 1. The van der Waals surface area contributed by atoms with Gasteiger partial charge in [-0.05, 0) is 30.3 Å². The molecule has 30 heavy (non-hydrogen) atoms. The molecule has 3 aromatic rings. The Morgan fingerprint density at radius 1 is 0.800 bits per heavy atom. The van der Waals surface area contributed by atoms with Crippen molar-refractivity contribution in [3.8, 4) is 5.75 Å². The van der Waals surface area contributed by atoms with Crippen molar-refractivity contribution in [2.24, 2.45) is 10.2 Å². The Morgan fingerprint density at radius 2 is 1.43 bits per heavy atom. The second-order valence-electron chi connectivity index (χ2n) is 5.92. The number of aromatic carboxylic acids is 1. The number of carboxylic acid groups (broad SMARTS) is 1. The normalized spacial score (nSPS) is 12.5. The minimum Gasteiger partial charge on any atom is -0.505 e. The molecule has 156 valence electrons. The van der Waals surface area contributed by atoms with Crippen molar-refractivity contribution in [2.75, 3.05) is 0 Å². The second kappa shape index (κ2) is 7.46. The first-order valence-corrected chi connectivity index (χ1v) is 10.8. The van der Waals surface area contributed by atoms with Crippen LogP contribution in [0, 0.1) is 0 Å². The first-order chi connectivity index (χ1) is 13.9. The van der Waals surface area contributed by atoms with E-state index in [0.29, 0.717) is 0 Å². The Hall–Kier alpha value is -3.39. The van der Waals surface area contributed by atoms with Crippen molar-refractivity contribution in [1.29, 1.82) is 0 Å². The van der Waals surface area contributed by atoms with Crippen LogP contribution in [-0.4, -0.2) is 42.1 Å². The topological polar surface area (TPSA) is 191 Å². The minimum atomic E-state index is -4.83. The summed E-state index contributed by atoms with van der Waals surface area (Å²) in [6.07, 6.45) is 0. The lowest BCUT2D eigenvalue weighted by atomic mass is 10.1. The molecule has 0 saturated heterocycles. The lowest BCUT2D eigenvalue weighted by Crippen LogP contribution is -2.03. The number of nitrogens with zero attached hydrogens (tertiary/aromatic N) is 2. The van der Waals surface area contributed by atoms with Crippen LogP contribution in [0.5, 0.6) is 5.75 Å². The second-order valence-corrected chi connectivity index (χ2v) is 8.70. The number of fused-ring (bicyclic) bond motifs is 1. The average molecular weight is 452 g/mol. The van der Waals surface area contributed by atoms with Crippen molar-refractivity contribution in [3.05, 3.63) is 54.1 Å². The molecule has 0 fully saturated rings. The molecule has 0 radical (unpaired) electrons. The summed E-state index contributed by atoms with van der Waals surface area (Å²) in [4.78, 5) is 9.75. The molecule has 0 unspecified atom stereocenters. The summed E-state index contributed by atoms with van der Waals surface area (Å²) in [5, 5.41) is 25.9. The van der Waals surface area contributed by atoms with Gasteiger partial charge in [-0.15, -0.1) is 5.11 Å². The Balaban J connectivity index is 2.27. The molecule has 0 saturated carbocycles. The maximum absolute atomic E-state index is 11.8. The predicted molar refractivity (Wildman–Crippen MR) is 103 cm³/mol. The van der Waals surface area contributed by atoms with Crippen LogP contribution < -0.4 is 0 Å². The Kier molecular flexibility index (Phi) is 5.30. The van der Waals surface area contributed by atoms with Gasteiger partial charge in [0.05, 0.1) is 5.69 Å². The number of carbonyl (C=O) groups is 1. The Morgan fingerprint density at radius 3 is 2.03 bits per heavy atom. The highest BCUT2D eigenvalue weighted by Gasteiger charge is 2.21. The van der Waals surface area contributed by atoms with E-state index in [1.165, 1.54) is 24.3 Å². The summed E-state index contributed by atoms with van der Waals surface area (Å²) in [5.41, 5.74) is -0.963. The number of aromatic hydroxyl groups is 1. The first-order valence-electron chi connectivity index (χ1n) is 7.88. The van der Waals surface area contributed by atoms with Gasteiger partial charge in [-0.3, -0.25) is 9.11 Å². The van der Waals surface area contributed by atoms with E-state index in [1.807, 2.05) is 0 Å². The van der Waals surface area contributed by atoms with Gasteiger partial charge in [-0.25, -0.2) is 4.79 Å². The third-order valence-corrected chi connectivity index (χ3v) is 5.78. The number of rotatable bonds is 5. The monoisotopic (exact) mass is 452 g/mol. The maximum Gasteiger partial charge on any atom is 0.339 e. The van der Waals surface area contributed by atoms with Crippen LogP contribution in [0.2, 0.25) is 0 Å². The Labute approximate surface area is 169 Å². The fourth-order valence-corrected chi connectivity index (χ4v) is 4.12. The van der Waals surface area contributed by atoms with Gasteiger partial charge in [0.1, 0.15) is 21.0 Å². The molecule has 3 rings (SSSR count). The van der Waals surface area contributed by atoms with Gasteiger partial charge in [0.25, 0.3) is 20.2 Å². The van der Waals surface area contributed by atoms with Gasteiger partial charge in [0.2, 0.25) is 0 Å². The summed E-state index contributed by atoms with van der Waals surface area (Å²) < 4.78 is 65.8. The molecule has 4 N–H and O–H groups in total. The molecule has 0 amide bonds. The van der Waals surface area contributed by atoms with E-state index in [0.717, 1.165) is 24.3 Å². The fraction of sp³-hybridized carbons (Fsp3) is 0. The molecule has 13 heteroatoms. The number of azo groups is 1. The highest BCUT2D eigenvalue weighted by molar-refractivity contribution is 7.86. The highest BCUT2D eigenvalue weighted by atomic mass is 32.2. The van der Waals surface area contributed by atoms with E-state index in [4.69, 9.17) is 5.11 Å². The molecule has 0 bridgehead atoms. The van der Waals surface area contributed by atoms with Crippen LogP contribution in [0.15, 0.2) is 68.6 Å². The Bertz CT molecular complexity index is 1430. The summed E-state index contributed by atoms with van der Waals surface area (Å²) in [6, 6.07) is 9.06. The zero-order valence-corrected chi connectivity index (χ0v) is 16.3. The fourth-order valence-electron chi connectivity index (χ4n) is 2.70. The molecule has 0 heterocycles. The van der Waals surface area contributed by atoms with Gasteiger partial charge in [-0.1, -0.05) is 18.2 Å². The van der Waals surface area contributed by atoms with Gasteiger partial charge in [0.15, 0.2) is 5.75 Å². The molecule has 0 aliphatic rings. The molecule has 0 aromatic heterocycles. The summed E-state index contributed by atoms with van der Waals surface area (Å²) in [5.74, 6) is -2.11. The largest absolute Gasteiger partial charge is 0.505 e. The van der Waals surface area contributed by atoms with Gasteiger partial charge >= 0.3 is 5.97 Å². The van der Waals surface area contributed by atoms with E-state index in [2.05, 4.69) is 10.2 Å². The first kappa shape index (κ1) is 21.3. The summed E-state index contributed by atoms with van der Waals surface area (Å²) in [6.45, 7) is 0.